The summed E-state index contributed by atoms with van der Waals surface area (Å²) in [6.07, 6.45) is 3.47. The molecule has 0 aliphatic rings. The van der Waals surface area contributed by atoms with Crippen LogP contribution in [0.4, 0.5) is 5.69 Å². The monoisotopic (exact) mass is 295 g/mol. The molecule has 0 saturated carbocycles. The van der Waals surface area contributed by atoms with Crippen LogP contribution in [-0.4, -0.2) is 9.97 Å². The summed E-state index contributed by atoms with van der Waals surface area (Å²) in [5.41, 5.74) is 7.79. The summed E-state index contributed by atoms with van der Waals surface area (Å²) in [7, 11) is 0. The topological polar surface area (TPSA) is 51.8 Å². The molecule has 0 spiro atoms. The molecule has 82 valence electrons. The molecule has 0 radical (unpaired) electrons. The summed E-state index contributed by atoms with van der Waals surface area (Å²) in [5.74, 6) is 0.781. The molecule has 0 unspecified atom stereocenters. The fourth-order valence-corrected chi connectivity index (χ4v) is 2.40. The normalized spacial score (nSPS) is 10.3. The lowest BCUT2D eigenvalue weighted by Crippen LogP contribution is -1.93. The van der Waals surface area contributed by atoms with Crippen LogP contribution in [0.5, 0.6) is 0 Å². The number of thioether (sulfide) groups is 1. The number of anilines is 1. The van der Waals surface area contributed by atoms with Gasteiger partial charge in [0.05, 0.1) is 0 Å². The van der Waals surface area contributed by atoms with Gasteiger partial charge in [-0.15, -0.1) is 0 Å². The van der Waals surface area contributed by atoms with Crippen molar-refractivity contribution in [1.82, 2.24) is 9.97 Å². The van der Waals surface area contributed by atoms with E-state index in [4.69, 9.17) is 5.73 Å². The second-order valence-corrected chi connectivity index (χ2v) is 5.02. The van der Waals surface area contributed by atoms with Crippen LogP contribution in [0.15, 0.2) is 46.3 Å². The number of halogens is 1. The van der Waals surface area contributed by atoms with Crippen LogP contribution in [0.3, 0.4) is 0 Å². The highest BCUT2D eigenvalue weighted by Gasteiger charge is 2.02. The summed E-state index contributed by atoms with van der Waals surface area (Å²) in [5, 5.41) is 0.768. The summed E-state index contributed by atoms with van der Waals surface area (Å²) in [6, 6.07) is 7.70. The minimum absolute atomic E-state index is 0.768. The van der Waals surface area contributed by atoms with E-state index >= 15 is 0 Å². The van der Waals surface area contributed by atoms with Gasteiger partial charge in [-0.25, -0.2) is 9.97 Å². The van der Waals surface area contributed by atoms with E-state index in [1.165, 1.54) is 0 Å². The number of nitrogen functional groups attached to an aromatic ring is 1. The number of benzene rings is 1. The van der Waals surface area contributed by atoms with Gasteiger partial charge >= 0.3 is 0 Å². The van der Waals surface area contributed by atoms with Crippen LogP contribution >= 0.6 is 27.7 Å². The van der Waals surface area contributed by atoms with E-state index in [-0.39, 0.29) is 0 Å². The van der Waals surface area contributed by atoms with Crippen LogP contribution < -0.4 is 5.73 Å². The quantitative estimate of drug-likeness (QED) is 0.537. The van der Waals surface area contributed by atoms with Gasteiger partial charge in [0.1, 0.15) is 0 Å². The molecule has 1 aromatic heterocycles. The van der Waals surface area contributed by atoms with Gasteiger partial charge < -0.3 is 5.73 Å². The highest BCUT2D eigenvalue weighted by Crippen LogP contribution is 2.25. The highest BCUT2D eigenvalue weighted by molar-refractivity contribution is 9.10. The van der Waals surface area contributed by atoms with Crippen LogP contribution in [0.1, 0.15) is 5.56 Å². The standard InChI is InChI=1S/C11H10BrN3S/c12-9-3-2-8(10(13)6-9)7-16-11-14-4-1-5-15-11/h1-6H,7,13H2. The molecule has 0 saturated heterocycles. The molecular weight excluding hydrogens is 286 g/mol. The fourth-order valence-electron chi connectivity index (χ4n) is 1.20. The zero-order chi connectivity index (χ0) is 11.4. The van der Waals surface area contributed by atoms with Crippen molar-refractivity contribution in [2.24, 2.45) is 0 Å². The van der Waals surface area contributed by atoms with E-state index in [1.54, 1.807) is 30.2 Å². The van der Waals surface area contributed by atoms with Crippen molar-refractivity contribution in [3.63, 3.8) is 0 Å². The number of nitrogens with zero attached hydrogens (tertiary/aromatic N) is 2. The number of nitrogens with two attached hydrogens (primary N) is 1. The molecule has 2 rings (SSSR count). The van der Waals surface area contributed by atoms with Gasteiger partial charge in [0, 0.05) is 28.3 Å². The first-order valence-electron chi connectivity index (χ1n) is 4.69. The Balaban J connectivity index is 2.05. The van der Waals surface area contributed by atoms with Gasteiger partial charge in [0.15, 0.2) is 5.16 Å². The molecule has 0 fully saturated rings. The smallest absolute Gasteiger partial charge is 0.187 e. The van der Waals surface area contributed by atoms with Gasteiger partial charge in [0.25, 0.3) is 0 Å². The summed E-state index contributed by atoms with van der Waals surface area (Å²) in [6.45, 7) is 0. The van der Waals surface area contributed by atoms with E-state index in [2.05, 4.69) is 25.9 Å². The van der Waals surface area contributed by atoms with E-state index < -0.39 is 0 Å². The maximum Gasteiger partial charge on any atom is 0.187 e. The zero-order valence-corrected chi connectivity index (χ0v) is 10.8. The maximum absolute atomic E-state index is 5.90. The molecule has 16 heavy (non-hydrogen) atoms. The third-order valence-corrected chi connectivity index (χ3v) is 3.42. The second kappa shape index (κ2) is 5.32. The van der Waals surface area contributed by atoms with Crippen molar-refractivity contribution < 1.29 is 0 Å². The van der Waals surface area contributed by atoms with Crippen molar-refractivity contribution in [3.8, 4) is 0 Å². The van der Waals surface area contributed by atoms with Crippen LogP contribution in [-0.2, 0) is 5.75 Å². The molecule has 0 aliphatic carbocycles. The minimum Gasteiger partial charge on any atom is -0.398 e. The maximum atomic E-state index is 5.90. The lowest BCUT2D eigenvalue weighted by Gasteiger charge is -2.04. The average molecular weight is 296 g/mol. The van der Waals surface area contributed by atoms with E-state index in [0.29, 0.717) is 0 Å². The zero-order valence-electron chi connectivity index (χ0n) is 8.43. The van der Waals surface area contributed by atoms with E-state index in [0.717, 1.165) is 26.6 Å². The van der Waals surface area contributed by atoms with Gasteiger partial charge in [0.2, 0.25) is 0 Å². The van der Waals surface area contributed by atoms with Gasteiger partial charge in [-0.3, -0.25) is 0 Å². The SMILES string of the molecule is Nc1cc(Br)ccc1CSc1ncccn1. The Kier molecular flexibility index (Phi) is 3.79. The van der Waals surface area contributed by atoms with Crippen molar-refractivity contribution >= 4 is 33.4 Å². The van der Waals surface area contributed by atoms with Crippen LogP contribution in [0.2, 0.25) is 0 Å². The molecule has 0 atom stereocenters. The highest BCUT2D eigenvalue weighted by atomic mass is 79.9. The minimum atomic E-state index is 0.768. The third-order valence-electron chi connectivity index (χ3n) is 2.01. The Morgan fingerprint density at radius 3 is 2.69 bits per heavy atom. The number of aromatic nitrogens is 2. The van der Waals surface area contributed by atoms with Gasteiger partial charge in [-0.05, 0) is 23.8 Å². The first-order chi connectivity index (χ1) is 7.75. The average Bonchev–Trinajstić information content (AvgIpc) is 2.29. The Hall–Kier alpha value is -1.07. The van der Waals surface area contributed by atoms with Gasteiger partial charge in [-0.2, -0.15) is 0 Å². The van der Waals surface area contributed by atoms with E-state index in [9.17, 15) is 0 Å². The van der Waals surface area contributed by atoms with Crippen molar-refractivity contribution in [3.05, 3.63) is 46.7 Å². The molecule has 1 heterocycles. The summed E-state index contributed by atoms with van der Waals surface area (Å²) >= 11 is 4.96. The lowest BCUT2D eigenvalue weighted by molar-refractivity contribution is 0.966. The fraction of sp³-hybridized carbons (Fsp3) is 0.0909. The van der Waals surface area contributed by atoms with Gasteiger partial charge in [-0.1, -0.05) is 33.8 Å². The molecular formula is C11H10BrN3S. The molecule has 0 amide bonds. The van der Waals surface area contributed by atoms with E-state index in [1.807, 2.05) is 18.2 Å². The first kappa shape index (κ1) is 11.4. The van der Waals surface area contributed by atoms with Crippen LogP contribution in [0, 0.1) is 0 Å². The molecule has 0 bridgehead atoms. The summed E-state index contributed by atoms with van der Waals surface area (Å²) in [4.78, 5) is 8.29. The van der Waals surface area contributed by atoms with Crippen molar-refractivity contribution in [2.75, 3.05) is 5.73 Å². The Morgan fingerprint density at radius 1 is 1.25 bits per heavy atom. The van der Waals surface area contributed by atoms with Crippen LogP contribution in [0.25, 0.3) is 0 Å². The Bertz CT molecular complexity index is 476. The predicted molar refractivity (Wildman–Crippen MR) is 70.1 cm³/mol. The summed E-state index contributed by atoms with van der Waals surface area (Å²) < 4.78 is 0.995. The van der Waals surface area contributed by atoms with Crippen molar-refractivity contribution in [1.29, 1.82) is 0 Å². The Labute approximate surface area is 107 Å². The molecule has 2 N–H and O–H groups in total. The molecule has 2 aromatic rings. The predicted octanol–water partition coefficient (Wildman–Crippen LogP) is 3.11. The van der Waals surface area contributed by atoms with Crippen molar-refractivity contribution in [2.45, 2.75) is 10.9 Å². The molecule has 1 aromatic carbocycles. The molecule has 3 nitrogen and oxygen atoms in total. The third kappa shape index (κ3) is 2.96. The Morgan fingerprint density at radius 2 is 2.00 bits per heavy atom. The lowest BCUT2D eigenvalue weighted by atomic mass is 10.2. The molecule has 5 heteroatoms. The second-order valence-electron chi connectivity index (χ2n) is 3.16. The first-order valence-corrected chi connectivity index (χ1v) is 6.47. The molecule has 0 aliphatic heterocycles. The number of hydrogen-bond acceptors (Lipinski definition) is 4. The number of hydrogen-bond donors (Lipinski definition) is 1. The largest absolute Gasteiger partial charge is 0.398 e. The number of rotatable bonds is 3.